The minimum absolute atomic E-state index is 0.0901. The molecule has 3 aromatic carbocycles. The van der Waals surface area contributed by atoms with E-state index in [4.69, 9.17) is 4.52 Å². The molecule has 1 aliphatic heterocycles. The highest BCUT2D eigenvalue weighted by Crippen LogP contribution is 2.32. The molecule has 5 nitrogen and oxygen atoms in total. The number of amides is 1. The number of hydrogen-bond donors (Lipinski definition) is 0. The van der Waals surface area contributed by atoms with Crippen molar-refractivity contribution in [1.82, 2.24) is 10.1 Å². The summed E-state index contributed by atoms with van der Waals surface area (Å²) in [6, 6.07) is 22.5. The molecule has 0 saturated heterocycles. The third-order valence-electron chi connectivity index (χ3n) is 5.53. The van der Waals surface area contributed by atoms with Gasteiger partial charge in [0, 0.05) is 30.1 Å². The number of anilines is 1. The molecule has 0 N–H and O–H groups in total. The number of fused-ring (bicyclic) bond motifs is 2. The smallest absolute Gasteiger partial charge is 0.227 e. The molecule has 1 atom stereocenters. The van der Waals surface area contributed by atoms with Gasteiger partial charge in [0.25, 0.3) is 0 Å². The van der Waals surface area contributed by atoms with Crippen molar-refractivity contribution < 1.29 is 9.32 Å². The van der Waals surface area contributed by atoms with Crippen molar-refractivity contribution >= 4 is 22.4 Å². The Bertz CT molecular complexity index is 1190. The third kappa shape index (κ3) is 3.18. The number of hydrogen-bond acceptors (Lipinski definition) is 4. The minimum atomic E-state index is 0.0901. The van der Waals surface area contributed by atoms with Crippen molar-refractivity contribution in [2.24, 2.45) is 0 Å². The predicted molar refractivity (Wildman–Crippen MR) is 113 cm³/mol. The van der Waals surface area contributed by atoms with Crippen LogP contribution in [0.4, 0.5) is 5.69 Å². The summed E-state index contributed by atoms with van der Waals surface area (Å²) in [4.78, 5) is 19.3. The van der Waals surface area contributed by atoms with Crippen LogP contribution in [-0.2, 0) is 17.6 Å². The first-order chi connectivity index (χ1) is 14.2. The van der Waals surface area contributed by atoms with Crippen LogP contribution in [0.3, 0.4) is 0 Å². The summed E-state index contributed by atoms with van der Waals surface area (Å²) in [5.41, 5.74) is 3.18. The van der Waals surface area contributed by atoms with Gasteiger partial charge in [-0.25, -0.2) is 0 Å². The number of rotatable bonds is 4. The standard InChI is InChI=1S/C24H21N3O2/c1-16-15-18-8-3-5-12-21(18)27(16)23(28)14-13-22-25-24(26-29-22)20-11-6-9-17-7-2-4-10-19(17)20/h2-12,16H,13-15H2,1H3. The molecule has 0 saturated carbocycles. The zero-order chi connectivity index (χ0) is 19.8. The summed E-state index contributed by atoms with van der Waals surface area (Å²) in [6.07, 6.45) is 1.67. The lowest BCUT2D eigenvalue weighted by atomic mass is 10.0. The number of carbonyl (C=O) groups excluding carboxylic acids is 1. The Morgan fingerprint density at radius 2 is 1.86 bits per heavy atom. The van der Waals surface area contributed by atoms with Gasteiger partial charge in [-0.15, -0.1) is 0 Å². The molecule has 0 fully saturated rings. The molecule has 0 aliphatic carbocycles. The largest absolute Gasteiger partial charge is 0.339 e. The molecular formula is C24H21N3O2. The molecule has 4 aromatic rings. The highest BCUT2D eigenvalue weighted by Gasteiger charge is 2.30. The molecule has 0 bridgehead atoms. The Morgan fingerprint density at radius 1 is 1.07 bits per heavy atom. The average molecular weight is 383 g/mol. The van der Waals surface area contributed by atoms with Crippen LogP contribution >= 0.6 is 0 Å². The maximum absolute atomic E-state index is 12.9. The highest BCUT2D eigenvalue weighted by molar-refractivity contribution is 5.96. The van der Waals surface area contributed by atoms with Crippen LogP contribution in [0.15, 0.2) is 71.3 Å². The van der Waals surface area contributed by atoms with E-state index in [1.165, 1.54) is 5.56 Å². The lowest BCUT2D eigenvalue weighted by Crippen LogP contribution is -2.35. The molecule has 5 heteroatoms. The van der Waals surface area contributed by atoms with Crippen LogP contribution < -0.4 is 4.90 Å². The molecule has 1 aromatic heterocycles. The van der Waals surface area contributed by atoms with Gasteiger partial charge in [-0.2, -0.15) is 4.98 Å². The molecule has 1 aliphatic rings. The minimum Gasteiger partial charge on any atom is -0.339 e. The molecule has 0 spiro atoms. The number of nitrogens with zero attached hydrogens (tertiary/aromatic N) is 3. The van der Waals surface area contributed by atoms with Gasteiger partial charge in [0.15, 0.2) is 0 Å². The van der Waals surface area contributed by atoms with Crippen LogP contribution in [0, 0.1) is 0 Å². The molecule has 29 heavy (non-hydrogen) atoms. The maximum atomic E-state index is 12.9. The van der Waals surface area contributed by atoms with Crippen LogP contribution in [0.2, 0.25) is 0 Å². The number of aromatic nitrogens is 2. The van der Waals surface area contributed by atoms with Crippen LogP contribution in [-0.4, -0.2) is 22.1 Å². The van der Waals surface area contributed by atoms with Crippen molar-refractivity contribution in [3.05, 3.63) is 78.2 Å². The second-order valence-electron chi connectivity index (χ2n) is 7.48. The van der Waals surface area contributed by atoms with Gasteiger partial charge in [-0.3, -0.25) is 4.79 Å². The van der Waals surface area contributed by atoms with Gasteiger partial charge >= 0.3 is 0 Å². The first-order valence-corrected chi connectivity index (χ1v) is 9.91. The topological polar surface area (TPSA) is 59.2 Å². The van der Waals surface area contributed by atoms with Crippen molar-refractivity contribution in [3.8, 4) is 11.4 Å². The second-order valence-corrected chi connectivity index (χ2v) is 7.48. The van der Waals surface area contributed by atoms with E-state index in [2.05, 4.69) is 41.3 Å². The van der Waals surface area contributed by atoms with Gasteiger partial charge in [0.2, 0.25) is 17.6 Å². The van der Waals surface area contributed by atoms with Gasteiger partial charge in [0.05, 0.1) is 0 Å². The van der Waals surface area contributed by atoms with E-state index < -0.39 is 0 Å². The van der Waals surface area contributed by atoms with Gasteiger partial charge in [-0.1, -0.05) is 65.8 Å². The lowest BCUT2D eigenvalue weighted by molar-refractivity contribution is -0.118. The molecule has 144 valence electrons. The lowest BCUT2D eigenvalue weighted by Gasteiger charge is -2.22. The first-order valence-electron chi connectivity index (χ1n) is 9.91. The van der Waals surface area contributed by atoms with E-state index in [-0.39, 0.29) is 11.9 Å². The fourth-order valence-electron chi connectivity index (χ4n) is 4.17. The van der Waals surface area contributed by atoms with Gasteiger partial charge in [0.1, 0.15) is 0 Å². The van der Waals surface area contributed by atoms with Crippen LogP contribution in [0.25, 0.3) is 22.2 Å². The zero-order valence-electron chi connectivity index (χ0n) is 16.2. The quantitative estimate of drug-likeness (QED) is 0.508. The average Bonchev–Trinajstić information content (AvgIpc) is 3.35. The maximum Gasteiger partial charge on any atom is 0.227 e. The second kappa shape index (κ2) is 7.17. The van der Waals surface area contributed by atoms with Crippen molar-refractivity contribution in [2.45, 2.75) is 32.2 Å². The molecular weight excluding hydrogens is 362 g/mol. The molecule has 1 unspecified atom stereocenters. The van der Waals surface area contributed by atoms with Crippen molar-refractivity contribution in [3.63, 3.8) is 0 Å². The van der Waals surface area contributed by atoms with Crippen molar-refractivity contribution in [1.29, 1.82) is 0 Å². The van der Waals surface area contributed by atoms with Gasteiger partial charge in [-0.05, 0) is 35.7 Å². The number of carbonyl (C=O) groups is 1. The Morgan fingerprint density at radius 3 is 2.79 bits per heavy atom. The Labute approximate surface area is 169 Å². The Kier molecular flexibility index (Phi) is 4.35. The van der Waals surface area contributed by atoms with Gasteiger partial charge < -0.3 is 9.42 Å². The first kappa shape index (κ1) is 17.6. The number of aryl methyl sites for hydroxylation is 1. The molecule has 0 radical (unpaired) electrons. The Hall–Kier alpha value is -3.47. The normalized spacial score (nSPS) is 15.6. The number of benzene rings is 3. The third-order valence-corrected chi connectivity index (χ3v) is 5.53. The monoisotopic (exact) mass is 383 g/mol. The number of para-hydroxylation sites is 1. The van der Waals surface area contributed by atoms with E-state index in [0.29, 0.717) is 24.6 Å². The van der Waals surface area contributed by atoms with E-state index in [1.807, 2.05) is 47.4 Å². The Balaban J connectivity index is 1.33. The molecule has 1 amide bonds. The van der Waals surface area contributed by atoms with E-state index in [0.717, 1.165) is 28.4 Å². The summed E-state index contributed by atoms with van der Waals surface area (Å²) < 4.78 is 5.45. The predicted octanol–water partition coefficient (Wildman–Crippen LogP) is 4.80. The summed E-state index contributed by atoms with van der Waals surface area (Å²) in [5, 5.41) is 6.37. The van der Waals surface area contributed by atoms with E-state index in [9.17, 15) is 4.79 Å². The fourth-order valence-corrected chi connectivity index (χ4v) is 4.17. The summed E-state index contributed by atoms with van der Waals surface area (Å²) in [6.45, 7) is 2.09. The van der Waals surface area contributed by atoms with E-state index in [1.54, 1.807) is 0 Å². The summed E-state index contributed by atoms with van der Waals surface area (Å²) in [5.74, 6) is 1.14. The highest BCUT2D eigenvalue weighted by atomic mass is 16.5. The zero-order valence-corrected chi connectivity index (χ0v) is 16.2. The molecule has 2 heterocycles. The summed E-state index contributed by atoms with van der Waals surface area (Å²) in [7, 11) is 0. The van der Waals surface area contributed by atoms with Crippen LogP contribution in [0.1, 0.15) is 24.8 Å². The van der Waals surface area contributed by atoms with E-state index >= 15 is 0 Å². The molecule has 5 rings (SSSR count). The SMILES string of the molecule is CC1Cc2ccccc2N1C(=O)CCc1nc(-c2cccc3ccccc23)no1. The van der Waals surface area contributed by atoms with Crippen LogP contribution in [0.5, 0.6) is 0 Å². The summed E-state index contributed by atoms with van der Waals surface area (Å²) >= 11 is 0. The fraction of sp³-hybridized carbons (Fsp3) is 0.208. The van der Waals surface area contributed by atoms with Crippen molar-refractivity contribution in [2.75, 3.05) is 4.90 Å².